The minimum Gasteiger partial charge on any atom is -0.496 e. The van der Waals surface area contributed by atoms with E-state index in [1.807, 2.05) is 31.2 Å². The van der Waals surface area contributed by atoms with Crippen LogP contribution in [0.4, 0.5) is 0 Å². The number of nitrogens with zero attached hydrogens (tertiary/aromatic N) is 4. The average Bonchev–Trinajstić information content (AvgIpc) is 3.27. The van der Waals surface area contributed by atoms with Crippen LogP contribution in [0.25, 0.3) is 28.0 Å². The lowest BCUT2D eigenvalue weighted by atomic mass is 9.96. The summed E-state index contributed by atoms with van der Waals surface area (Å²) in [5.74, 6) is 1.57. The number of benzene rings is 3. The van der Waals surface area contributed by atoms with Crippen molar-refractivity contribution in [3.8, 4) is 22.8 Å². The highest BCUT2D eigenvalue weighted by Crippen LogP contribution is 2.34. The van der Waals surface area contributed by atoms with E-state index in [0.29, 0.717) is 16.7 Å². The molecule has 0 saturated heterocycles. The third-order valence-corrected chi connectivity index (χ3v) is 7.99. The lowest BCUT2D eigenvalue weighted by molar-refractivity contribution is 0.407. The molecule has 5 aromatic rings. The molecule has 0 unspecified atom stereocenters. The van der Waals surface area contributed by atoms with Crippen molar-refractivity contribution in [2.45, 2.75) is 66.7 Å². The molecule has 2 aromatic heterocycles. The van der Waals surface area contributed by atoms with Crippen molar-refractivity contribution in [2.75, 3.05) is 7.11 Å². The normalized spacial score (nSPS) is 11.7. The monoisotopic (exact) mass is 560 g/mol. The molecule has 6 heteroatoms. The maximum Gasteiger partial charge on any atom is 0.282 e. The molecule has 6 nitrogen and oxygen atoms in total. The van der Waals surface area contributed by atoms with Crippen molar-refractivity contribution >= 4 is 17.1 Å². The number of hydrogen-bond acceptors (Lipinski definition) is 4. The Morgan fingerprint density at radius 3 is 2.43 bits per heavy atom. The van der Waals surface area contributed by atoms with E-state index in [2.05, 4.69) is 75.6 Å². The Balaban J connectivity index is 1.63. The van der Waals surface area contributed by atoms with Crippen LogP contribution in [-0.4, -0.2) is 27.6 Å². The van der Waals surface area contributed by atoms with E-state index in [9.17, 15) is 4.79 Å². The van der Waals surface area contributed by atoms with Gasteiger partial charge in [-0.3, -0.25) is 4.79 Å². The van der Waals surface area contributed by atoms with Gasteiger partial charge in [-0.25, -0.2) is 4.98 Å². The van der Waals surface area contributed by atoms with E-state index in [4.69, 9.17) is 14.8 Å². The molecular formula is C36H40N4O2. The fourth-order valence-corrected chi connectivity index (χ4v) is 5.60. The van der Waals surface area contributed by atoms with Crippen LogP contribution in [0.5, 0.6) is 5.75 Å². The van der Waals surface area contributed by atoms with Gasteiger partial charge in [-0.2, -0.15) is 9.78 Å². The number of fused-ring (bicyclic) bond motifs is 1. The van der Waals surface area contributed by atoms with Crippen molar-refractivity contribution in [2.24, 2.45) is 5.10 Å². The van der Waals surface area contributed by atoms with E-state index in [0.717, 1.165) is 51.5 Å². The van der Waals surface area contributed by atoms with Crippen LogP contribution in [0.15, 0.2) is 76.6 Å². The second-order valence-corrected chi connectivity index (χ2v) is 11.3. The largest absolute Gasteiger partial charge is 0.496 e. The first-order chi connectivity index (χ1) is 20.2. The van der Waals surface area contributed by atoms with Crippen LogP contribution in [-0.2, 0) is 6.42 Å². The highest BCUT2D eigenvalue weighted by Gasteiger charge is 2.19. The summed E-state index contributed by atoms with van der Waals surface area (Å²) in [4.78, 5) is 18.8. The molecule has 0 fully saturated rings. The minimum absolute atomic E-state index is 0.204. The smallest absolute Gasteiger partial charge is 0.282 e. The molecule has 0 aliphatic rings. The summed E-state index contributed by atoms with van der Waals surface area (Å²) in [7, 11) is 1.69. The molecule has 2 heterocycles. The predicted molar refractivity (Wildman–Crippen MR) is 174 cm³/mol. The third-order valence-electron chi connectivity index (χ3n) is 7.99. The summed E-state index contributed by atoms with van der Waals surface area (Å²) in [6, 6.07) is 22.4. The summed E-state index contributed by atoms with van der Waals surface area (Å²) in [5, 5.41) is 5.32. The van der Waals surface area contributed by atoms with Gasteiger partial charge in [0.25, 0.3) is 5.56 Å². The standard InChI is InChI=1S/C36H40N4O2/c1-8-9-12-27-15-17-29(18-16-27)39-25(5)20-28(26(39)6)22-37-40-35(38-33-14-11-10-13-30(33)36(40)41)32-21-31(23(2)3)34(42-7)19-24(32)4/h10-11,13-23H,8-9,12H2,1-7H3. The van der Waals surface area contributed by atoms with E-state index < -0.39 is 0 Å². The van der Waals surface area contributed by atoms with Crippen molar-refractivity contribution in [3.63, 3.8) is 0 Å². The molecule has 0 aliphatic carbocycles. The van der Waals surface area contributed by atoms with Gasteiger partial charge in [0.2, 0.25) is 0 Å². The van der Waals surface area contributed by atoms with Gasteiger partial charge in [0.1, 0.15) is 5.75 Å². The van der Waals surface area contributed by atoms with Gasteiger partial charge in [-0.1, -0.05) is 51.5 Å². The maximum atomic E-state index is 13.9. The van der Waals surface area contributed by atoms with Crippen molar-refractivity contribution in [3.05, 3.63) is 111 Å². The van der Waals surface area contributed by atoms with Crippen molar-refractivity contribution in [1.82, 2.24) is 14.2 Å². The van der Waals surface area contributed by atoms with E-state index in [1.54, 1.807) is 19.4 Å². The molecule has 0 bridgehead atoms. The minimum atomic E-state index is -0.204. The van der Waals surface area contributed by atoms with Crippen molar-refractivity contribution < 1.29 is 4.74 Å². The Kier molecular flexibility index (Phi) is 8.44. The van der Waals surface area contributed by atoms with E-state index in [1.165, 1.54) is 23.1 Å². The van der Waals surface area contributed by atoms with Crippen molar-refractivity contribution in [1.29, 1.82) is 0 Å². The molecule has 42 heavy (non-hydrogen) atoms. The SMILES string of the molecule is CCCCc1ccc(-n2c(C)cc(C=Nn3c(-c4cc(C(C)C)c(OC)cc4C)nc4ccccc4c3=O)c2C)cc1. The summed E-state index contributed by atoms with van der Waals surface area (Å²) < 4.78 is 9.35. The highest BCUT2D eigenvalue weighted by atomic mass is 16.5. The summed E-state index contributed by atoms with van der Waals surface area (Å²) >= 11 is 0. The third kappa shape index (κ3) is 5.54. The zero-order chi connectivity index (χ0) is 30.0. The van der Waals surface area contributed by atoms with Gasteiger partial charge >= 0.3 is 0 Å². The fourth-order valence-electron chi connectivity index (χ4n) is 5.60. The fraction of sp³-hybridized carbons (Fsp3) is 0.306. The molecular weight excluding hydrogens is 520 g/mol. The quantitative estimate of drug-likeness (QED) is 0.171. The Labute approximate surface area is 248 Å². The highest BCUT2D eigenvalue weighted by molar-refractivity contribution is 5.84. The van der Waals surface area contributed by atoms with Crippen LogP contribution in [0.3, 0.4) is 0 Å². The van der Waals surface area contributed by atoms with Crippen LogP contribution in [0.1, 0.15) is 73.2 Å². The molecule has 0 radical (unpaired) electrons. The Morgan fingerprint density at radius 2 is 1.74 bits per heavy atom. The molecule has 0 spiro atoms. The molecule has 0 amide bonds. The summed E-state index contributed by atoms with van der Waals surface area (Å²) in [6.07, 6.45) is 5.26. The predicted octanol–water partition coefficient (Wildman–Crippen LogP) is 8.14. The second kappa shape index (κ2) is 12.2. The summed E-state index contributed by atoms with van der Waals surface area (Å²) in [6.45, 7) is 12.7. The van der Waals surface area contributed by atoms with E-state index in [-0.39, 0.29) is 11.5 Å². The van der Waals surface area contributed by atoms with Gasteiger partial charge in [0.15, 0.2) is 5.82 Å². The maximum absolute atomic E-state index is 13.9. The van der Waals surface area contributed by atoms with Gasteiger partial charge < -0.3 is 9.30 Å². The van der Waals surface area contributed by atoms with Gasteiger partial charge in [0, 0.05) is 28.2 Å². The first-order valence-electron chi connectivity index (χ1n) is 14.8. The second-order valence-electron chi connectivity index (χ2n) is 11.3. The molecule has 216 valence electrons. The molecule has 5 rings (SSSR count). The molecule has 0 aliphatic heterocycles. The summed E-state index contributed by atoms with van der Waals surface area (Å²) in [5.41, 5.74) is 8.89. The molecule has 0 saturated carbocycles. The van der Waals surface area contributed by atoms with Gasteiger partial charge in [-0.05, 0) is 98.7 Å². The molecule has 0 atom stereocenters. The van der Waals surface area contributed by atoms with Gasteiger partial charge in [0.05, 0.1) is 24.2 Å². The zero-order valence-corrected chi connectivity index (χ0v) is 25.7. The number of ether oxygens (including phenoxy) is 1. The Hall–Kier alpha value is -4.45. The molecule has 3 aromatic carbocycles. The zero-order valence-electron chi connectivity index (χ0n) is 25.7. The number of methoxy groups -OCH3 is 1. The Bertz CT molecular complexity index is 1820. The number of aromatic nitrogens is 3. The first kappa shape index (κ1) is 29.1. The van der Waals surface area contributed by atoms with E-state index >= 15 is 0 Å². The van der Waals surface area contributed by atoms with Crippen LogP contribution >= 0.6 is 0 Å². The average molecular weight is 561 g/mol. The van der Waals surface area contributed by atoms with Crippen LogP contribution in [0.2, 0.25) is 0 Å². The van der Waals surface area contributed by atoms with Gasteiger partial charge in [-0.15, -0.1) is 0 Å². The molecule has 0 N–H and O–H groups in total. The topological polar surface area (TPSA) is 61.4 Å². The number of unbranched alkanes of at least 4 members (excludes halogenated alkanes) is 1. The number of hydrogen-bond donors (Lipinski definition) is 0. The Morgan fingerprint density at radius 1 is 1.00 bits per heavy atom. The lowest BCUT2D eigenvalue weighted by Gasteiger charge is -2.17. The number of rotatable bonds is 9. The lowest BCUT2D eigenvalue weighted by Crippen LogP contribution is -2.21. The number of aryl methyl sites for hydroxylation is 3. The van der Waals surface area contributed by atoms with Crippen LogP contribution in [0, 0.1) is 20.8 Å². The first-order valence-corrected chi connectivity index (χ1v) is 14.8. The number of para-hydroxylation sites is 1. The van der Waals surface area contributed by atoms with Crippen LogP contribution < -0.4 is 10.3 Å².